The second kappa shape index (κ2) is 7.32. The summed E-state index contributed by atoms with van der Waals surface area (Å²) in [6, 6.07) is 5.39. The first-order chi connectivity index (χ1) is 10.4. The van der Waals surface area contributed by atoms with Gasteiger partial charge in [0.05, 0.1) is 5.69 Å². The van der Waals surface area contributed by atoms with Crippen LogP contribution in [0, 0.1) is 5.92 Å². The Morgan fingerprint density at radius 2 is 2.14 bits per heavy atom. The molecule has 2 unspecified atom stereocenters. The SMILES string of the molecule is CCC1CNC(C2CCCCC2)CN1Cc1cccnn1. The summed E-state index contributed by atoms with van der Waals surface area (Å²) in [6.07, 6.45) is 10.0. The highest BCUT2D eigenvalue weighted by molar-refractivity contribution is 5.01. The van der Waals surface area contributed by atoms with Crippen LogP contribution in [0.4, 0.5) is 0 Å². The van der Waals surface area contributed by atoms with Crippen LogP contribution in [-0.2, 0) is 6.54 Å². The van der Waals surface area contributed by atoms with Crippen LogP contribution in [0.5, 0.6) is 0 Å². The van der Waals surface area contributed by atoms with E-state index in [1.807, 2.05) is 6.07 Å². The summed E-state index contributed by atoms with van der Waals surface area (Å²) in [5.74, 6) is 0.876. The highest BCUT2D eigenvalue weighted by atomic mass is 15.2. The summed E-state index contributed by atoms with van der Waals surface area (Å²) in [5.41, 5.74) is 1.10. The monoisotopic (exact) mass is 288 g/mol. The van der Waals surface area contributed by atoms with Crippen molar-refractivity contribution in [2.75, 3.05) is 13.1 Å². The van der Waals surface area contributed by atoms with E-state index < -0.39 is 0 Å². The van der Waals surface area contributed by atoms with Crippen molar-refractivity contribution in [2.24, 2.45) is 5.92 Å². The largest absolute Gasteiger partial charge is 0.311 e. The molecule has 116 valence electrons. The van der Waals surface area contributed by atoms with Gasteiger partial charge in [-0.15, -0.1) is 0 Å². The van der Waals surface area contributed by atoms with Crippen LogP contribution in [0.15, 0.2) is 18.3 Å². The number of nitrogens with one attached hydrogen (secondary N) is 1. The van der Waals surface area contributed by atoms with Crippen molar-refractivity contribution in [3.63, 3.8) is 0 Å². The van der Waals surface area contributed by atoms with Crippen LogP contribution in [0.2, 0.25) is 0 Å². The van der Waals surface area contributed by atoms with Crippen molar-refractivity contribution in [3.8, 4) is 0 Å². The number of aromatic nitrogens is 2. The van der Waals surface area contributed by atoms with Crippen LogP contribution in [0.3, 0.4) is 0 Å². The number of piperazine rings is 1. The number of hydrogen-bond donors (Lipinski definition) is 1. The molecule has 1 aromatic rings. The number of hydrogen-bond acceptors (Lipinski definition) is 4. The summed E-state index contributed by atoms with van der Waals surface area (Å²) >= 11 is 0. The van der Waals surface area contributed by atoms with Gasteiger partial charge in [-0.25, -0.2) is 0 Å². The first-order valence-corrected chi connectivity index (χ1v) is 8.61. The maximum atomic E-state index is 4.27. The van der Waals surface area contributed by atoms with Crippen molar-refractivity contribution in [1.82, 2.24) is 20.4 Å². The summed E-state index contributed by atoms with van der Waals surface area (Å²) < 4.78 is 0. The zero-order valence-corrected chi connectivity index (χ0v) is 13.2. The molecule has 2 atom stereocenters. The van der Waals surface area contributed by atoms with Gasteiger partial charge < -0.3 is 5.32 Å². The molecule has 0 bridgehead atoms. The van der Waals surface area contributed by atoms with Crippen molar-refractivity contribution >= 4 is 0 Å². The predicted molar refractivity (Wildman–Crippen MR) is 84.9 cm³/mol. The molecule has 4 nitrogen and oxygen atoms in total. The fourth-order valence-electron chi connectivity index (χ4n) is 3.96. The average molecular weight is 288 g/mol. The number of nitrogens with zero attached hydrogens (tertiary/aromatic N) is 3. The molecule has 0 spiro atoms. The lowest BCUT2D eigenvalue weighted by Crippen LogP contribution is -2.58. The van der Waals surface area contributed by atoms with E-state index in [9.17, 15) is 0 Å². The van der Waals surface area contributed by atoms with E-state index in [1.54, 1.807) is 6.20 Å². The van der Waals surface area contributed by atoms with Crippen molar-refractivity contribution in [1.29, 1.82) is 0 Å². The van der Waals surface area contributed by atoms with E-state index in [1.165, 1.54) is 45.1 Å². The van der Waals surface area contributed by atoms with Gasteiger partial charge in [0, 0.05) is 37.9 Å². The third-order valence-electron chi connectivity index (χ3n) is 5.25. The topological polar surface area (TPSA) is 41.0 Å². The Kier molecular flexibility index (Phi) is 5.20. The Labute approximate surface area is 128 Å². The Morgan fingerprint density at radius 3 is 2.86 bits per heavy atom. The molecule has 2 fully saturated rings. The molecule has 3 rings (SSSR count). The average Bonchev–Trinajstić information content (AvgIpc) is 2.56. The summed E-state index contributed by atoms with van der Waals surface area (Å²) in [5, 5.41) is 12.1. The van der Waals surface area contributed by atoms with Crippen molar-refractivity contribution in [2.45, 2.75) is 64.1 Å². The van der Waals surface area contributed by atoms with Crippen LogP contribution >= 0.6 is 0 Å². The van der Waals surface area contributed by atoms with E-state index >= 15 is 0 Å². The highest BCUT2D eigenvalue weighted by Crippen LogP contribution is 2.29. The Balaban J connectivity index is 1.64. The maximum absolute atomic E-state index is 4.27. The molecule has 1 saturated heterocycles. The second-order valence-electron chi connectivity index (χ2n) is 6.62. The molecule has 1 saturated carbocycles. The molecule has 21 heavy (non-hydrogen) atoms. The molecular formula is C17H28N4. The first-order valence-electron chi connectivity index (χ1n) is 8.61. The zero-order valence-electron chi connectivity index (χ0n) is 13.2. The van der Waals surface area contributed by atoms with E-state index in [2.05, 4.69) is 33.4 Å². The van der Waals surface area contributed by atoms with E-state index in [0.29, 0.717) is 12.1 Å². The lowest BCUT2D eigenvalue weighted by Gasteiger charge is -2.43. The minimum atomic E-state index is 0.631. The fraction of sp³-hybridized carbons (Fsp3) is 0.765. The summed E-state index contributed by atoms with van der Waals surface area (Å²) in [4.78, 5) is 2.62. The van der Waals surface area contributed by atoms with Gasteiger partial charge in [0.15, 0.2) is 0 Å². The Morgan fingerprint density at radius 1 is 1.29 bits per heavy atom. The molecule has 4 heteroatoms. The van der Waals surface area contributed by atoms with E-state index in [4.69, 9.17) is 0 Å². The molecule has 0 radical (unpaired) electrons. The van der Waals surface area contributed by atoms with Gasteiger partial charge in [0.25, 0.3) is 0 Å². The summed E-state index contributed by atoms with van der Waals surface area (Å²) in [6.45, 7) is 5.52. The maximum Gasteiger partial charge on any atom is 0.0771 e. The van der Waals surface area contributed by atoms with Crippen LogP contribution in [0.25, 0.3) is 0 Å². The fourth-order valence-corrected chi connectivity index (χ4v) is 3.96. The Bertz CT molecular complexity index is 416. The van der Waals surface area contributed by atoms with Gasteiger partial charge in [0.1, 0.15) is 0 Å². The first kappa shape index (κ1) is 14.9. The Hall–Kier alpha value is -1.00. The van der Waals surface area contributed by atoms with Gasteiger partial charge in [-0.05, 0) is 37.3 Å². The molecular weight excluding hydrogens is 260 g/mol. The minimum absolute atomic E-state index is 0.631. The van der Waals surface area contributed by atoms with E-state index in [0.717, 1.165) is 24.7 Å². The van der Waals surface area contributed by atoms with Gasteiger partial charge >= 0.3 is 0 Å². The molecule has 1 aliphatic carbocycles. The molecule has 2 aliphatic rings. The molecule has 0 amide bonds. The standard InChI is InChI=1S/C17H28N4/c1-2-16-11-18-17(14-7-4-3-5-8-14)13-21(16)12-15-9-6-10-19-20-15/h6,9-10,14,16-18H,2-5,7-8,11-13H2,1H3. The van der Waals surface area contributed by atoms with Crippen LogP contribution in [-0.4, -0.2) is 40.3 Å². The molecule has 1 aromatic heterocycles. The normalized spacial score (nSPS) is 28.6. The third-order valence-corrected chi connectivity index (χ3v) is 5.25. The second-order valence-corrected chi connectivity index (χ2v) is 6.62. The van der Waals surface area contributed by atoms with Crippen LogP contribution in [0.1, 0.15) is 51.1 Å². The quantitative estimate of drug-likeness (QED) is 0.924. The lowest BCUT2D eigenvalue weighted by molar-refractivity contribution is 0.0860. The molecule has 1 aliphatic heterocycles. The summed E-state index contributed by atoms with van der Waals surface area (Å²) in [7, 11) is 0. The van der Waals surface area contributed by atoms with Crippen molar-refractivity contribution < 1.29 is 0 Å². The van der Waals surface area contributed by atoms with Crippen molar-refractivity contribution in [3.05, 3.63) is 24.0 Å². The van der Waals surface area contributed by atoms with Gasteiger partial charge in [-0.1, -0.05) is 26.2 Å². The van der Waals surface area contributed by atoms with Gasteiger partial charge in [-0.3, -0.25) is 4.90 Å². The van der Waals surface area contributed by atoms with Gasteiger partial charge in [0.2, 0.25) is 0 Å². The van der Waals surface area contributed by atoms with Crippen LogP contribution < -0.4 is 5.32 Å². The lowest BCUT2D eigenvalue weighted by atomic mass is 9.82. The molecule has 0 aromatic carbocycles. The smallest absolute Gasteiger partial charge is 0.0771 e. The molecule has 2 heterocycles. The molecule has 1 N–H and O–H groups in total. The highest BCUT2D eigenvalue weighted by Gasteiger charge is 2.32. The van der Waals surface area contributed by atoms with Gasteiger partial charge in [-0.2, -0.15) is 10.2 Å². The predicted octanol–water partition coefficient (Wildman–Crippen LogP) is 2.61. The van der Waals surface area contributed by atoms with E-state index in [-0.39, 0.29) is 0 Å². The number of rotatable bonds is 4. The third kappa shape index (κ3) is 3.80. The zero-order chi connectivity index (χ0) is 14.5. The minimum Gasteiger partial charge on any atom is -0.311 e.